The molecule has 0 bridgehead atoms. The molecule has 0 saturated carbocycles. The van der Waals surface area contributed by atoms with Gasteiger partial charge in [-0.25, -0.2) is 4.98 Å². The van der Waals surface area contributed by atoms with E-state index in [0.29, 0.717) is 16.7 Å². The molecule has 1 aromatic rings. The molecule has 0 radical (unpaired) electrons. The fourth-order valence-corrected chi connectivity index (χ4v) is 1.99. The van der Waals surface area contributed by atoms with Crippen molar-refractivity contribution in [2.45, 2.75) is 32.9 Å². The minimum absolute atomic E-state index is 0.0675. The maximum absolute atomic E-state index is 9.30. The molecule has 96 valence electrons. The first-order valence-electron chi connectivity index (χ1n) is 5.41. The summed E-state index contributed by atoms with van der Waals surface area (Å²) in [5, 5.41) is 10.3. The fraction of sp³-hybridized carbons (Fsp3) is 0.583. The summed E-state index contributed by atoms with van der Waals surface area (Å²) in [6.07, 6.45) is 0. The summed E-state index contributed by atoms with van der Waals surface area (Å²) in [6, 6.07) is 1.79. The molecule has 1 rings (SSSR count). The second-order valence-corrected chi connectivity index (χ2v) is 5.61. The van der Waals surface area contributed by atoms with Crippen LogP contribution in [0.25, 0.3) is 0 Å². The molecule has 0 aliphatic heterocycles. The summed E-state index contributed by atoms with van der Waals surface area (Å²) in [4.78, 5) is 6.18. The van der Waals surface area contributed by atoms with Gasteiger partial charge in [-0.15, -0.1) is 0 Å². The quantitative estimate of drug-likeness (QED) is 0.860. The van der Waals surface area contributed by atoms with Crippen molar-refractivity contribution in [2.75, 3.05) is 13.7 Å². The minimum Gasteiger partial charge on any atom is -0.394 e. The van der Waals surface area contributed by atoms with Gasteiger partial charge in [0.05, 0.1) is 6.61 Å². The molecular formula is C12H18Cl2N2O. The highest BCUT2D eigenvalue weighted by Gasteiger charge is 2.24. The summed E-state index contributed by atoms with van der Waals surface area (Å²) in [6.45, 7) is 6.38. The zero-order chi connectivity index (χ0) is 13.2. The molecule has 1 N–H and O–H groups in total. The monoisotopic (exact) mass is 276 g/mol. The van der Waals surface area contributed by atoms with Crippen molar-refractivity contribution in [3.05, 3.63) is 27.5 Å². The Hall–Kier alpha value is -0.350. The maximum Gasteiger partial charge on any atom is 0.135 e. The van der Waals surface area contributed by atoms with Gasteiger partial charge in [0.15, 0.2) is 0 Å². The summed E-state index contributed by atoms with van der Waals surface area (Å²) < 4.78 is 0. The van der Waals surface area contributed by atoms with Crippen LogP contribution in [-0.2, 0) is 6.54 Å². The van der Waals surface area contributed by atoms with E-state index in [-0.39, 0.29) is 12.1 Å². The van der Waals surface area contributed by atoms with Crippen LogP contribution in [0.15, 0.2) is 6.07 Å². The first-order valence-corrected chi connectivity index (χ1v) is 6.17. The van der Waals surface area contributed by atoms with Gasteiger partial charge in [-0.3, -0.25) is 4.90 Å². The zero-order valence-corrected chi connectivity index (χ0v) is 12.1. The lowest BCUT2D eigenvalue weighted by Crippen LogP contribution is -2.43. The summed E-state index contributed by atoms with van der Waals surface area (Å²) in [5.41, 5.74) is 1.27. The van der Waals surface area contributed by atoms with Crippen molar-refractivity contribution >= 4 is 23.2 Å². The molecule has 3 nitrogen and oxygen atoms in total. The van der Waals surface area contributed by atoms with Gasteiger partial charge >= 0.3 is 0 Å². The van der Waals surface area contributed by atoms with Crippen molar-refractivity contribution in [1.82, 2.24) is 9.88 Å². The summed E-state index contributed by atoms with van der Waals surface area (Å²) in [7, 11) is 1.92. The highest BCUT2D eigenvalue weighted by molar-refractivity contribution is 6.35. The van der Waals surface area contributed by atoms with Crippen LogP contribution >= 0.6 is 23.2 Å². The van der Waals surface area contributed by atoms with Crippen LogP contribution < -0.4 is 0 Å². The van der Waals surface area contributed by atoms with Crippen LogP contribution in [0.1, 0.15) is 25.1 Å². The number of likely N-dealkylation sites (N-methyl/N-ethyl adjacent to an activating group) is 1. The van der Waals surface area contributed by atoms with E-state index in [1.807, 2.05) is 32.7 Å². The third-order valence-corrected chi connectivity index (χ3v) is 3.61. The van der Waals surface area contributed by atoms with Crippen LogP contribution in [0.5, 0.6) is 0 Å². The molecule has 0 spiro atoms. The van der Waals surface area contributed by atoms with E-state index in [2.05, 4.69) is 4.98 Å². The Kier molecular flexibility index (Phi) is 4.78. The van der Waals surface area contributed by atoms with Crippen LogP contribution in [0.3, 0.4) is 0 Å². The molecule has 0 atom stereocenters. The fourth-order valence-electron chi connectivity index (χ4n) is 1.34. The van der Waals surface area contributed by atoms with Crippen molar-refractivity contribution in [3.8, 4) is 0 Å². The average Bonchev–Trinajstić information content (AvgIpc) is 2.22. The number of nitrogens with zero attached hydrogens (tertiary/aromatic N) is 2. The van der Waals surface area contributed by atoms with Gasteiger partial charge in [0.1, 0.15) is 5.15 Å². The Balaban J connectivity index is 2.96. The molecular weight excluding hydrogens is 259 g/mol. The Bertz CT molecular complexity index is 384. The number of aliphatic hydroxyl groups excluding tert-OH is 1. The predicted octanol–water partition coefficient (Wildman–Crippen LogP) is 2.90. The third kappa shape index (κ3) is 3.55. The Labute approximate surface area is 112 Å². The van der Waals surface area contributed by atoms with Crippen molar-refractivity contribution < 1.29 is 5.11 Å². The molecule has 0 amide bonds. The molecule has 0 fully saturated rings. The van der Waals surface area contributed by atoms with E-state index in [9.17, 15) is 5.11 Å². The first-order chi connectivity index (χ1) is 7.77. The van der Waals surface area contributed by atoms with Gasteiger partial charge in [0.25, 0.3) is 0 Å². The predicted molar refractivity (Wildman–Crippen MR) is 71.6 cm³/mol. The number of pyridine rings is 1. The minimum atomic E-state index is -0.322. The van der Waals surface area contributed by atoms with Gasteiger partial charge < -0.3 is 5.11 Å². The third-order valence-electron chi connectivity index (χ3n) is 2.96. The average molecular weight is 277 g/mol. The number of aryl methyl sites for hydroxylation is 1. The molecule has 0 aliphatic carbocycles. The Morgan fingerprint density at radius 2 is 2.00 bits per heavy atom. The van der Waals surface area contributed by atoms with Crippen molar-refractivity contribution in [1.29, 1.82) is 0 Å². The van der Waals surface area contributed by atoms with E-state index in [1.54, 1.807) is 6.07 Å². The molecule has 0 aromatic carbocycles. The van der Waals surface area contributed by atoms with E-state index in [0.717, 1.165) is 11.3 Å². The maximum atomic E-state index is 9.30. The summed E-state index contributed by atoms with van der Waals surface area (Å²) >= 11 is 12.2. The number of aromatic nitrogens is 1. The van der Waals surface area contributed by atoms with E-state index in [1.165, 1.54) is 0 Å². The Morgan fingerprint density at radius 3 is 2.47 bits per heavy atom. The van der Waals surface area contributed by atoms with E-state index < -0.39 is 0 Å². The highest BCUT2D eigenvalue weighted by Crippen LogP contribution is 2.27. The smallest absolute Gasteiger partial charge is 0.135 e. The van der Waals surface area contributed by atoms with Crippen LogP contribution in [0, 0.1) is 6.92 Å². The van der Waals surface area contributed by atoms with Crippen LogP contribution in [0.4, 0.5) is 0 Å². The number of hydrogen-bond acceptors (Lipinski definition) is 3. The van der Waals surface area contributed by atoms with E-state index >= 15 is 0 Å². The second-order valence-electron chi connectivity index (χ2n) is 4.84. The lowest BCUT2D eigenvalue weighted by atomic mass is 10.0. The van der Waals surface area contributed by atoms with Crippen molar-refractivity contribution in [2.24, 2.45) is 0 Å². The molecule has 1 aromatic heterocycles. The molecule has 0 aliphatic rings. The Morgan fingerprint density at radius 1 is 1.41 bits per heavy atom. The van der Waals surface area contributed by atoms with E-state index in [4.69, 9.17) is 23.2 Å². The van der Waals surface area contributed by atoms with Crippen molar-refractivity contribution in [3.63, 3.8) is 0 Å². The van der Waals surface area contributed by atoms with Crippen LogP contribution in [0.2, 0.25) is 10.2 Å². The largest absolute Gasteiger partial charge is 0.394 e. The SMILES string of the molecule is Cc1cc(Cl)c(CN(C)C(C)(C)CO)c(Cl)n1. The van der Waals surface area contributed by atoms with Gasteiger partial charge in [-0.2, -0.15) is 0 Å². The number of hydrogen-bond donors (Lipinski definition) is 1. The summed E-state index contributed by atoms with van der Waals surface area (Å²) in [5.74, 6) is 0. The van der Waals surface area contributed by atoms with Gasteiger partial charge in [-0.1, -0.05) is 23.2 Å². The number of halogens is 2. The lowest BCUT2D eigenvalue weighted by molar-refractivity contribution is 0.0733. The topological polar surface area (TPSA) is 36.4 Å². The van der Waals surface area contributed by atoms with Gasteiger partial charge in [0.2, 0.25) is 0 Å². The molecule has 0 saturated heterocycles. The standard InChI is InChI=1S/C12H18Cl2N2O/c1-8-5-10(13)9(11(14)15-8)6-16(4)12(2,3)7-17/h5,17H,6-7H2,1-4H3. The molecule has 0 unspecified atom stereocenters. The normalized spacial score (nSPS) is 12.2. The zero-order valence-electron chi connectivity index (χ0n) is 10.6. The lowest BCUT2D eigenvalue weighted by Gasteiger charge is -2.34. The van der Waals surface area contributed by atoms with Gasteiger partial charge in [0, 0.05) is 28.4 Å². The highest BCUT2D eigenvalue weighted by atomic mass is 35.5. The second kappa shape index (κ2) is 5.53. The van der Waals surface area contributed by atoms with Crippen LogP contribution in [-0.4, -0.2) is 34.2 Å². The molecule has 5 heteroatoms. The first kappa shape index (κ1) is 14.7. The number of aliphatic hydroxyl groups is 1. The molecule has 1 heterocycles. The molecule has 17 heavy (non-hydrogen) atoms. The number of rotatable bonds is 4. The van der Waals surface area contributed by atoms with Gasteiger partial charge in [-0.05, 0) is 33.9 Å².